The molecule has 0 saturated carbocycles. The van der Waals surface area contributed by atoms with Gasteiger partial charge in [0, 0.05) is 6.92 Å². The molecule has 1 rings (SSSR count). The maximum absolute atomic E-state index is 10.7. The lowest BCUT2D eigenvalue weighted by molar-refractivity contribution is -0.131. The Morgan fingerprint density at radius 2 is 2.23 bits per heavy atom. The van der Waals surface area contributed by atoms with Crippen LogP contribution >= 0.6 is 0 Å². The first-order valence-electron chi connectivity index (χ1n) is 4.49. The van der Waals surface area contributed by atoms with E-state index in [1.54, 1.807) is 6.07 Å². The number of rotatable bonds is 3. The predicted octanol–water partition coefficient (Wildman–Crippen LogP) is 2.56. The summed E-state index contributed by atoms with van der Waals surface area (Å²) in [6.07, 6.45) is 2.12. The fourth-order valence-corrected chi connectivity index (χ4v) is 1.22. The van der Waals surface area contributed by atoms with Crippen molar-refractivity contribution in [3.63, 3.8) is 0 Å². The van der Waals surface area contributed by atoms with Gasteiger partial charge in [0.15, 0.2) is 0 Å². The van der Waals surface area contributed by atoms with E-state index in [9.17, 15) is 4.79 Å². The quantitative estimate of drug-likeness (QED) is 0.525. The van der Waals surface area contributed by atoms with Gasteiger partial charge in [0.2, 0.25) is 0 Å². The van der Waals surface area contributed by atoms with Gasteiger partial charge in [-0.3, -0.25) is 4.79 Å². The molecule has 0 amide bonds. The van der Waals surface area contributed by atoms with Crippen molar-refractivity contribution in [1.82, 2.24) is 0 Å². The zero-order chi connectivity index (χ0) is 9.68. The van der Waals surface area contributed by atoms with Gasteiger partial charge in [-0.05, 0) is 24.1 Å². The second kappa shape index (κ2) is 4.65. The summed E-state index contributed by atoms with van der Waals surface area (Å²) < 4.78 is 4.96. The molecule has 0 N–H and O–H groups in total. The van der Waals surface area contributed by atoms with E-state index >= 15 is 0 Å². The molecule has 0 unspecified atom stereocenters. The van der Waals surface area contributed by atoms with Crippen LogP contribution in [0.25, 0.3) is 0 Å². The van der Waals surface area contributed by atoms with Crippen LogP contribution < -0.4 is 4.74 Å². The first-order valence-corrected chi connectivity index (χ1v) is 4.49. The van der Waals surface area contributed by atoms with E-state index < -0.39 is 0 Å². The highest BCUT2D eigenvalue weighted by Crippen LogP contribution is 2.14. The Bertz CT molecular complexity index is 292. The molecule has 0 aliphatic rings. The molecular formula is C11H14O2. The zero-order valence-electron chi connectivity index (χ0n) is 8.04. The van der Waals surface area contributed by atoms with Crippen LogP contribution in [0.5, 0.6) is 5.75 Å². The maximum Gasteiger partial charge on any atom is 0.308 e. The summed E-state index contributed by atoms with van der Waals surface area (Å²) in [7, 11) is 0. The number of benzene rings is 1. The molecule has 2 heteroatoms. The normalized spacial score (nSPS) is 9.69. The second-order valence-corrected chi connectivity index (χ2v) is 2.99. The Kier molecular flexibility index (Phi) is 3.50. The highest BCUT2D eigenvalue weighted by molar-refractivity contribution is 5.69. The highest BCUT2D eigenvalue weighted by Gasteiger charge is 1.98. The molecule has 0 aliphatic heterocycles. The molecule has 1 aromatic carbocycles. The third-order valence-corrected chi connectivity index (χ3v) is 1.70. The molecule has 0 fully saturated rings. The summed E-state index contributed by atoms with van der Waals surface area (Å²) >= 11 is 0. The van der Waals surface area contributed by atoms with Gasteiger partial charge < -0.3 is 4.74 Å². The van der Waals surface area contributed by atoms with Crippen LogP contribution in [0.1, 0.15) is 25.8 Å². The summed E-state index contributed by atoms with van der Waals surface area (Å²) in [5.41, 5.74) is 1.21. The van der Waals surface area contributed by atoms with Gasteiger partial charge in [0.1, 0.15) is 5.75 Å². The molecule has 1 aromatic rings. The van der Waals surface area contributed by atoms with Crippen molar-refractivity contribution >= 4 is 5.97 Å². The number of hydrogen-bond donors (Lipinski definition) is 0. The lowest BCUT2D eigenvalue weighted by Gasteiger charge is -2.03. The zero-order valence-corrected chi connectivity index (χ0v) is 8.04. The smallest absolute Gasteiger partial charge is 0.308 e. The van der Waals surface area contributed by atoms with Crippen LogP contribution in [0.4, 0.5) is 0 Å². The topological polar surface area (TPSA) is 26.3 Å². The lowest BCUT2D eigenvalue weighted by Crippen LogP contribution is -2.01. The number of carbonyl (C=O) groups excluding carboxylic acids is 1. The fourth-order valence-electron chi connectivity index (χ4n) is 1.22. The average molecular weight is 178 g/mol. The number of hydrogen-bond acceptors (Lipinski definition) is 2. The Labute approximate surface area is 78.5 Å². The summed E-state index contributed by atoms with van der Waals surface area (Å²) in [6, 6.07) is 7.64. The van der Waals surface area contributed by atoms with Crippen LogP contribution in [-0.2, 0) is 11.2 Å². The van der Waals surface area contributed by atoms with Gasteiger partial charge in [0.25, 0.3) is 0 Å². The fraction of sp³-hybridized carbons (Fsp3) is 0.364. The minimum absolute atomic E-state index is 0.270. The van der Waals surface area contributed by atoms with Crippen molar-refractivity contribution in [1.29, 1.82) is 0 Å². The molecule has 0 aromatic heterocycles. The van der Waals surface area contributed by atoms with Gasteiger partial charge in [0.05, 0.1) is 0 Å². The Hall–Kier alpha value is -1.31. The molecule has 0 heterocycles. The summed E-state index contributed by atoms with van der Waals surface area (Å²) in [5.74, 6) is 0.368. The van der Waals surface area contributed by atoms with Crippen LogP contribution in [0.2, 0.25) is 0 Å². The van der Waals surface area contributed by atoms with Gasteiger partial charge in [-0.1, -0.05) is 25.5 Å². The van der Waals surface area contributed by atoms with Crippen molar-refractivity contribution in [2.24, 2.45) is 0 Å². The SMILES string of the molecule is CCCc1cccc(OC(C)=O)c1. The molecule has 0 spiro atoms. The minimum atomic E-state index is -0.270. The van der Waals surface area contributed by atoms with Crippen molar-refractivity contribution in [3.05, 3.63) is 29.8 Å². The third-order valence-electron chi connectivity index (χ3n) is 1.70. The van der Waals surface area contributed by atoms with Crippen LogP contribution in [-0.4, -0.2) is 5.97 Å². The van der Waals surface area contributed by atoms with E-state index in [0.717, 1.165) is 12.8 Å². The summed E-state index contributed by atoms with van der Waals surface area (Å²) in [4.78, 5) is 10.7. The minimum Gasteiger partial charge on any atom is -0.427 e. The first-order chi connectivity index (χ1) is 6.22. The molecule has 0 saturated heterocycles. The van der Waals surface area contributed by atoms with Crippen LogP contribution in [0, 0.1) is 0 Å². The van der Waals surface area contributed by atoms with Crippen LogP contribution in [0.3, 0.4) is 0 Å². The lowest BCUT2D eigenvalue weighted by atomic mass is 10.1. The van der Waals surface area contributed by atoms with Crippen molar-refractivity contribution in [2.45, 2.75) is 26.7 Å². The summed E-state index contributed by atoms with van der Waals surface area (Å²) in [6.45, 7) is 3.53. The van der Waals surface area contributed by atoms with Gasteiger partial charge in [-0.2, -0.15) is 0 Å². The molecule has 13 heavy (non-hydrogen) atoms. The molecule has 0 aliphatic carbocycles. The largest absolute Gasteiger partial charge is 0.427 e. The molecule has 0 bridgehead atoms. The van der Waals surface area contributed by atoms with Crippen LogP contribution in [0.15, 0.2) is 24.3 Å². The molecular weight excluding hydrogens is 164 g/mol. The van der Waals surface area contributed by atoms with E-state index in [-0.39, 0.29) is 5.97 Å². The first kappa shape index (κ1) is 9.78. The maximum atomic E-state index is 10.7. The monoisotopic (exact) mass is 178 g/mol. The van der Waals surface area contributed by atoms with E-state index in [4.69, 9.17) is 4.74 Å². The van der Waals surface area contributed by atoms with E-state index in [0.29, 0.717) is 5.75 Å². The van der Waals surface area contributed by atoms with Crippen molar-refractivity contribution in [2.75, 3.05) is 0 Å². The number of ether oxygens (including phenoxy) is 1. The van der Waals surface area contributed by atoms with E-state index in [1.807, 2.05) is 18.2 Å². The summed E-state index contributed by atoms with van der Waals surface area (Å²) in [5, 5.41) is 0. The second-order valence-electron chi connectivity index (χ2n) is 2.99. The standard InChI is InChI=1S/C11H14O2/c1-3-5-10-6-4-7-11(8-10)13-9(2)12/h4,6-8H,3,5H2,1-2H3. The van der Waals surface area contributed by atoms with Gasteiger partial charge in [-0.15, -0.1) is 0 Å². The molecule has 70 valence electrons. The molecule has 2 nitrogen and oxygen atoms in total. The molecule has 0 radical (unpaired) electrons. The third kappa shape index (κ3) is 3.28. The Morgan fingerprint density at radius 3 is 2.85 bits per heavy atom. The average Bonchev–Trinajstić information content (AvgIpc) is 2.04. The van der Waals surface area contributed by atoms with E-state index in [1.165, 1.54) is 12.5 Å². The predicted molar refractivity (Wildman–Crippen MR) is 51.7 cm³/mol. The van der Waals surface area contributed by atoms with E-state index in [2.05, 4.69) is 6.92 Å². The van der Waals surface area contributed by atoms with Crippen molar-refractivity contribution < 1.29 is 9.53 Å². The van der Waals surface area contributed by atoms with Gasteiger partial charge >= 0.3 is 5.97 Å². The number of aryl methyl sites for hydroxylation is 1. The number of carbonyl (C=O) groups is 1. The Morgan fingerprint density at radius 1 is 1.46 bits per heavy atom. The van der Waals surface area contributed by atoms with Crippen molar-refractivity contribution in [3.8, 4) is 5.75 Å². The highest BCUT2D eigenvalue weighted by atomic mass is 16.5. The van der Waals surface area contributed by atoms with Gasteiger partial charge in [-0.25, -0.2) is 0 Å². The Balaban J connectivity index is 2.73. The molecule has 0 atom stereocenters. The number of esters is 1.